The minimum absolute atomic E-state index is 0.184. The molecular formula is C10H10BrFO. The third kappa shape index (κ3) is 1.76. The zero-order chi connectivity index (χ0) is 9.42. The molecule has 13 heavy (non-hydrogen) atoms. The molecule has 1 aliphatic rings. The van der Waals surface area contributed by atoms with Crippen LogP contribution in [0.1, 0.15) is 24.3 Å². The molecule has 1 fully saturated rings. The first-order valence-electron chi connectivity index (χ1n) is 4.30. The van der Waals surface area contributed by atoms with Gasteiger partial charge in [0.2, 0.25) is 0 Å². The summed E-state index contributed by atoms with van der Waals surface area (Å²) in [6, 6.07) is 5.17. The SMILES string of the molecule is OC1CC(c2ccc(Br)c(F)c2)C1. The smallest absolute Gasteiger partial charge is 0.137 e. The second kappa shape index (κ2) is 3.39. The van der Waals surface area contributed by atoms with Crippen LogP contribution in [0.25, 0.3) is 0 Å². The first-order valence-corrected chi connectivity index (χ1v) is 5.09. The maximum absolute atomic E-state index is 13.1. The van der Waals surface area contributed by atoms with Crippen LogP contribution in [0.4, 0.5) is 4.39 Å². The van der Waals surface area contributed by atoms with Crippen LogP contribution in [-0.2, 0) is 0 Å². The van der Waals surface area contributed by atoms with Gasteiger partial charge in [0.05, 0.1) is 10.6 Å². The van der Waals surface area contributed by atoms with Crippen molar-refractivity contribution in [3.63, 3.8) is 0 Å². The highest BCUT2D eigenvalue weighted by Gasteiger charge is 2.28. The summed E-state index contributed by atoms with van der Waals surface area (Å²) < 4.78 is 13.6. The van der Waals surface area contributed by atoms with E-state index in [1.807, 2.05) is 6.07 Å². The Morgan fingerprint density at radius 1 is 1.38 bits per heavy atom. The second-order valence-electron chi connectivity index (χ2n) is 3.50. The van der Waals surface area contributed by atoms with Crippen molar-refractivity contribution in [2.24, 2.45) is 0 Å². The Kier molecular flexibility index (Phi) is 2.39. The fraction of sp³-hybridized carbons (Fsp3) is 0.400. The second-order valence-corrected chi connectivity index (χ2v) is 4.35. The van der Waals surface area contributed by atoms with Crippen LogP contribution in [-0.4, -0.2) is 11.2 Å². The van der Waals surface area contributed by atoms with Crippen molar-refractivity contribution in [2.75, 3.05) is 0 Å². The van der Waals surface area contributed by atoms with Crippen molar-refractivity contribution in [1.82, 2.24) is 0 Å². The van der Waals surface area contributed by atoms with Gasteiger partial charge in [-0.3, -0.25) is 0 Å². The Labute approximate surface area is 84.7 Å². The molecule has 1 aromatic rings. The lowest BCUT2D eigenvalue weighted by molar-refractivity contribution is 0.0745. The third-order valence-electron chi connectivity index (χ3n) is 2.53. The molecule has 0 aromatic heterocycles. The summed E-state index contributed by atoms with van der Waals surface area (Å²) >= 11 is 3.11. The number of aliphatic hydroxyl groups is 1. The number of halogens is 2. The molecular weight excluding hydrogens is 235 g/mol. The molecule has 0 spiro atoms. The van der Waals surface area contributed by atoms with E-state index >= 15 is 0 Å². The normalized spacial score (nSPS) is 27.0. The summed E-state index contributed by atoms with van der Waals surface area (Å²) in [6.07, 6.45) is 1.35. The van der Waals surface area contributed by atoms with Gasteiger partial charge in [-0.25, -0.2) is 4.39 Å². The highest BCUT2D eigenvalue weighted by Crippen LogP contribution is 2.37. The van der Waals surface area contributed by atoms with Crippen molar-refractivity contribution in [3.8, 4) is 0 Å². The van der Waals surface area contributed by atoms with Gasteiger partial charge in [0.1, 0.15) is 5.82 Å². The number of hydrogen-bond acceptors (Lipinski definition) is 1. The van der Waals surface area contributed by atoms with Gasteiger partial charge in [-0.2, -0.15) is 0 Å². The molecule has 70 valence electrons. The van der Waals surface area contributed by atoms with E-state index in [4.69, 9.17) is 5.11 Å². The Morgan fingerprint density at radius 3 is 2.62 bits per heavy atom. The number of aliphatic hydroxyl groups excluding tert-OH is 1. The summed E-state index contributed by atoms with van der Waals surface area (Å²) in [7, 11) is 0. The average Bonchev–Trinajstić information content (AvgIpc) is 2.05. The van der Waals surface area contributed by atoms with Gasteiger partial charge >= 0.3 is 0 Å². The van der Waals surface area contributed by atoms with Crippen LogP contribution in [0.3, 0.4) is 0 Å². The lowest BCUT2D eigenvalue weighted by Gasteiger charge is -2.31. The zero-order valence-corrected chi connectivity index (χ0v) is 8.59. The molecule has 3 heteroatoms. The Morgan fingerprint density at radius 2 is 2.08 bits per heavy atom. The minimum Gasteiger partial charge on any atom is -0.393 e. The largest absolute Gasteiger partial charge is 0.393 e. The topological polar surface area (TPSA) is 20.2 Å². The predicted molar refractivity (Wildman–Crippen MR) is 52.1 cm³/mol. The van der Waals surface area contributed by atoms with E-state index in [2.05, 4.69) is 15.9 Å². The fourth-order valence-corrected chi connectivity index (χ4v) is 1.87. The molecule has 1 aromatic carbocycles. The van der Waals surface area contributed by atoms with Crippen molar-refractivity contribution < 1.29 is 9.50 Å². The van der Waals surface area contributed by atoms with Crippen molar-refractivity contribution >= 4 is 15.9 Å². The lowest BCUT2D eigenvalue weighted by Crippen LogP contribution is -2.26. The third-order valence-corrected chi connectivity index (χ3v) is 3.17. The molecule has 2 rings (SSSR count). The van der Waals surface area contributed by atoms with E-state index in [9.17, 15) is 4.39 Å². The van der Waals surface area contributed by atoms with E-state index in [1.165, 1.54) is 0 Å². The van der Waals surface area contributed by atoms with E-state index in [1.54, 1.807) is 12.1 Å². The molecule has 0 heterocycles. The van der Waals surface area contributed by atoms with Crippen molar-refractivity contribution in [3.05, 3.63) is 34.1 Å². The quantitative estimate of drug-likeness (QED) is 0.806. The molecule has 1 nitrogen and oxygen atoms in total. The lowest BCUT2D eigenvalue weighted by atomic mass is 9.78. The standard InChI is InChI=1S/C10H10BrFO/c11-9-2-1-6(5-10(9)12)7-3-8(13)4-7/h1-2,5,7-8,13H,3-4H2. The van der Waals surface area contributed by atoms with Gasteiger partial charge in [-0.15, -0.1) is 0 Å². The summed E-state index contributed by atoms with van der Waals surface area (Å²) in [5.41, 5.74) is 0.992. The van der Waals surface area contributed by atoms with Crippen LogP contribution in [0, 0.1) is 5.82 Å². The van der Waals surface area contributed by atoms with Gasteiger partial charge in [-0.1, -0.05) is 6.07 Å². The minimum atomic E-state index is -0.223. The summed E-state index contributed by atoms with van der Waals surface area (Å²) in [6.45, 7) is 0. The number of rotatable bonds is 1. The molecule has 0 saturated heterocycles. The monoisotopic (exact) mass is 244 g/mol. The van der Waals surface area contributed by atoms with Crippen molar-refractivity contribution in [2.45, 2.75) is 24.9 Å². The highest BCUT2D eigenvalue weighted by atomic mass is 79.9. The van der Waals surface area contributed by atoms with Crippen LogP contribution in [0.5, 0.6) is 0 Å². The van der Waals surface area contributed by atoms with Gasteiger partial charge in [0, 0.05) is 0 Å². The van der Waals surface area contributed by atoms with Crippen LogP contribution >= 0.6 is 15.9 Å². The van der Waals surface area contributed by atoms with Gasteiger partial charge in [0.25, 0.3) is 0 Å². The molecule has 0 bridgehead atoms. The van der Waals surface area contributed by atoms with E-state index in [0.29, 0.717) is 10.4 Å². The van der Waals surface area contributed by atoms with Crippen LogP contribution in [0.2, 0.25) is 0 Å². The molecule has 1 N–H and O–H groups in total. The van der Waals surface area contributed by atoms with Crippen molar-refractivity contribution in [1.29, 1.82) is 0 Å². The molecule has 0 amide bonds. The first kappa shape index (κ1) is 9.16. The molecule has 0 aliphatic heterocycles. The molecule has 1 saturated carbocycles. The van der Waals surface area contributed by atoms with E-state index in [0.717, 1.165) is 18.4 Å². The van der Waals surface area contributed by atoms with Crippen LogP contribution < -0.4 is 0 Å². The molecule has 0 radical (unpaired) electrons. The zero-order valence-electron chi connectivity index (χ0n) is 7.00. The molecule has 0 atom stereocenters. The van der Waals surface area contributed by atoms with Gasteiger partial charge in [0.15, 0.2) is 0 Å². The number of benzene rings is 1. The Hall–Kier alpha value is -0.410. The Balaban J connectivity index is 2.18. The van der Waals surface area contributed by atoms with Gasteiger partial charge in [-0.05, 0) is 52.4 Å². The van der Waals surface area contributed by atoms with Gasteiger partial charge < -0.3 is 5.11 Å². The highest BCUT2D eigenvalue weighted by molar-refractivity contribution is 9.10. The predicted octanol–water partition coefficient (Wildman–Crippen LogP) is 2.83. The Bertz CT molecular complexity index is 321. The average molecular weight is 245 g/mol. The fourth-order valence-electron chi connectivity index (χ4n) is 1.63. The summed E-state index contributed by atoms with van der Waals surface area (Å²) in [4.78, 5) is 0. The molecule has 0 unspecified atom stereocenters. The van der Waals surface area contributed by atoms with E-state index < -0.39 is 0 Å². The first-order chi connectivity index (χ1) is 6.16. The van der Waals surface area contributed by atoms with E-state index in [-0.39, 0.29) is 11.9 Å². The maximum Gasteiger partial charge on any atom is 0.137 e. The summed E-state index contributed by atoms with van der Waals surface area (Å²) in [5, 5.41) is 9.10. The summed E-state index contributed by atoms with van der Waals surface area (Å²) in [5.74, 6) is 0.122. The maximum atomic E-state index is 13.1. The number of hydrogen-bond donors (Lipinski definition) is 1. The molecule has 1 aliphatic carbocycles. The van der Waals surface area contributed by atoms with Crippen LogP contribution in [0.15, 0.2) is 22.7 Å².